The van der Waals surface area contributed by atoms with Crippen LogP contribution < -0.4 is 11.1 Å². The van der Waals surface area contributed by atoms with E-state index in [1.165, 1.54) is 37.5 Å². The van der Waals surface area contributed by atoms with Crippen LogP contribution in [0.1, 0.15) is 43.5 Å². The van der Waals surface area contributed by atoms with Gasteiger partial charge in [0, 0.05) is 23.7 Å². The summed E-state index contributed by atoms with van der Waals surface area (Å²) >= 11 is 0. The van der Waals surface area contributed by atoms with Gasteiger partial charge in [0.15, 0.2) is 0 Å². The number of nitrogens with one attached hydrogen (secondary N) is 1. The zero-order chi connectivity index (χ0) is 17.0. The molecule has 23 heavy (non-hydrogen) atoms. The first-order valence-electron chi connectivity index (χ1n) is 7.88. The molecule has 1 aromatic carbocycles. The fourth-order valence-corrected chi connectivity index (χ4v) is 2.85. The molecule has 0 radical (unpaired) electrons. The van der Waals surface area contributed by atoms with Gasteiger partial charge in [0.2, 0.25) is 0 Å². The lowest BCUT2D eigenvalue weighted by Crippen LogP contribution is -2.53. The van der Waals surface area contributed by atoms with Crippen LogP contribution in [0.2, 0.25) is 0 Å². The number of nitrogen functional groups attached to an aromatic ring is 1. The molecule has 0 atom stereocenters. The normalized spacial score (nSPS) is 16.1. The average Bonchev–Trinajstić information content (AvgIpc) is 2.53. The Balaban J connectivity index is 2.01. The molecule has 0 spiro atoms. The number of carbonyl (C=O) groups is 1. The minimum Gasteiger partial charge on any atom is -0.393 e. The predicted octanol–water partition coefficient (Wildman–Crippen LogP) is 2.17. The SMILES string of the molecule is CC(C)(CNC(=O)c1ccc(N)c([N+](=O)[O-])c1)N1CCCCC1. The predicted molar refractivity (Wildman–Crippen MR) is 89.3 cm³/mol. The van der Waals surface area contributed by atoms with Gasteiger partial charge < -0.3 is 11.1 Å². The lowest BCUT2D eigenvalue weighted by molar-refractivity contribution is -0.383. The van der Waals surface area contributed by atoms with Crippen LogP contribution in [0.5, 0.6) is 0 Å². The number of nitrogens with zero attached hydrogens (tertiary/aromatic N) is 2. The summed E-state index contributed by atoms with van der Waals surface area (Å²) in [5.41, 5.74) is 5.47. The van der Waals surface area contributed by atoms with E-state index in [0.29, 0.717) is 6.54 Å². The van der Waals surface area contributed by atoms with Gasteiger partial charge in [-0.1, -0.05) is 6.42 Å². The summed E-state index contributed by atoms with van der Waals surface area (Å²) in [6, 6.07) is 4.12. The van der Waals surface area contributed by atoms with Gasteiger partial charge >= 0.3 is 0 Å². The Bertz CT molecular complexity index is 595. The second-order valence-electron chi connectivity index (χ2n) is 6.57. The number of anilines is 1. The molecule has 0 unspecified atom stereocenters. The Morgan fingerprint density at radius 2 is 2.00 bits per heavy atom. The highest BCUT2D eigenvalue weighted by atomic mass is 16.6. The van der Waals surface area contributed by atoms with E-state index in [1.807, 2.05) is 0 Å². The lowest BCUT2D eigenvalue weighted by atomic mass is 9.98. The summed E-state index contributed by atoms with van der Waals surface area (Å²) in [7, 11) is 0. The fraction of sp³-hybridized carbons (Fsp3) is 0.562. The number of benzene rings is 1. The number of rotatable bonds is 5. The summed E-state index contributed by atoms with van der Waals surface area (Å²) in [4.78, 5) is 25.0. The van der Waals surface area contributed by atoms with Gasteiger partial charge in [-0.3, -0.25) is 19.8 Å². The molecule has 0 aromatic heterocycles. The van der Waals surface area contributed by atoms with Crippen molar-refractivity contribution < 1.29 is 9.72 Å². The molecule has 2 rings (SSSR count). The van der Waals surface area contributed by atoms with E-state index in [1.54, 1.807) is 0 Å². The van der Waals surface area contributed by atoms with Crippen molar-refractivity contribution in [1.29, 1.82) is 0 Å². The summed E-state index contributed by atoms with van der Waals surface area (Å²) < 4.78 is 0. The highest BCUT2D eigenvalue weighted by molar-refractivity contribution is 5.95. The standard InChI is InChI=1S/C16H24N4O3/c1-16(2,19-8-4-3-5-9-19)11-18-15(21)12-6-7-13(17)14(10-12)20(22)23/h6-7,10H,3-5,8-9,11,17H2,1-2H3,(H,18,21). The maximum Gasteiger partial charge on any atom is 0.292 e. The second-order valence-corrected chi connectivity index (χ2v) is 6.57. The monoisotopic (exact) mass is 320 g/mol. The lowest BCUT2D eigenvalue weighted by Gasteiger charge is -2.41. The molecule has 1 heterocycles. The number of nitrogens with two attached hydrogens (primary N) is 1. The molecule has 126 valence electrons. The van der Waals surface area contributed by atoms with E-state index in [0.717, 1.165) is 13.1 Å². The molecule has 0 aliphatic carbocycles. The molecule has 1 aliphatic heterocycles. The number of likely N-dealkylation sites (tertiary alicyclic amines) is 1. The van der Waals surface area contributed by atoms with Crippen LogP contribution in [0.15, 0.2) is 18.2 Å². The molecule has 7 heteroatoms. The molecule has 1 amide bonds. The third kappa shape index (κ3) is 4.19. The first-order chi connectivity index (χ1) is 10.8. The van der Waals surface area contributed by atoms with E-state index in [2.05, 4.69) is 24.1 Å². The van der Waals surface area contributed by atoms with Crippen LogP contribution in [0.25, 0.3) is 0 Å². The van der Waals surface area contributed by atoms with Crippen LogP contribution in [-0.4, -0.2) is 40.9 Å². The summed E-state index contributed by atoms with van der Waals surface area (Å²) in [6.45, 7) is 6.77. The van der Waals surface area contributed by atoms with Crippen LogP contribution in [0.3, 0.4) is 0 Å². The van der Waals surface area contributed by atoms with E-state index >= 15 is 0 Å². The first kappa shape index (κ1) is 17.2. The van der Waals surface area contributed by atoms with Crippen LogP contribution in [0, 0.1) is 10.1 Å². The van der Waals surface area contributed by atoms with Crippen molar-refractivity contribution in [2.45, 2.75) is 38.6 Å². The number of piperidine rings is 1. The van der Waals surface area contributed by atoms with Gasteiger partial charge in [-0.15, -0.1) is 0 Å². The molecular formula is C16H24N4O3. The molecule has 7 nitrogen and oxygen atoms in total. The zero-order valence-electron chi connectivity index (χ0n) is 13.7. The maximum absolute atomic E-state index is 12.3. The highest BCUT2D eigenvalue weighted by Crippen LogP contribution is 2.23. The van der Waals surface area contributed by atoms with Crippen molar-refractivity contribution in [2.24, 2.45) is 0 Å². The van der Waals surface area contributed by atoms with Gasteiger partial charge in [-0.25, -0.2) is 0 Å². The van der Waals surface area contributed by atoms with Crippen molar-refractivity contribution in [1.82, 2.24) is 10.2 Å². The Kier molecular flexibility index (Phi) is 5.20. The molecule has 1 saturated heterocycles. The second kappa shape index (κ2) is 6.95. The van der Waals surface area contributed by atoms with Gasteiger partial charge in [0.1, 0.15) is 5.69 Å². The van der Waals surface area contributed by atoms with Crippen molar-refractivity contribution in [3.63, 3.8) is 0 Å². The van der Waals surface area contributed by atoms with E-state index < -0.39 is 4.92 Å². The van der Waals surface area contributed by atoms with Gasteiger partial charge in [0.05, 0.1) is 4.92 Å². The molecule has 3 N–H and O–H groups in total. The third-order valence-electron chi connectivity index (χ3n) is 4.38. The molecular weight excluding hydrogens is 296 g/mol. The number of hydrogen-bond donors (Lipinski definition) is 2. The minimum atomic E-state index is -0.580. The average molecular weight is 320 g/mol. The van der Waals surface area contributed by atoms with Crippen molar-refractivity contribution in [3.05, 3.63) is 33.9 Å². The maximum atomic E-state index is 12.3. The number of nitro benzene ring substituents is 1. The number of hydrogen-bond acceptors (Lipinski definition) is 5. The highest BCUT2D eigenvalue weighted by Gasteiger charge is 2.28. The topological polar surface area (TPSA) is 102 Å². The molecule has 0 saturated carbocycles. The third-order valence-corrected chi connectivity index (χ3v) is 4.38. The summed E-state index contributed by atoms with van der Waals surface area (Å²) in [5.74, 6) is -0.321. The Morgan fingerprint density at radius 3 is 2.61 bits per heavy atom. The number of amides is 1. The first-order valence-corrected chi connectivity index (χ1v) is 7.88. The number of carbonyl (C=O) groups excluding carboxylic acids is 1. The van der Waals surface area contributed by atoms with Crippen molar-refractivity contribution in [2.75, 3.05) is 25.4 Å². The quantitative estimate of drug-likeness (QED) is 0.492. The largest absolute Gasteiger partial charge is 0.393 e. The fourth-order valence-electron chi connectivity index (χ4n) is 2.85. The summed E-state index contributed by atoms with van der Waals surface area (Å²) in [5, 5.41) is 13.8. The van der Waals surface area contributed by atoms with E-state index in [-0.39, 0.29) is 28.4 Å². The van der Waals surface area contributed by atoms with Gasteiger partial charge in [-0.2, -0.15) is 0 Å². The van der Waals surface area contributed by atoms with Crippen LogP contribution in [-0.2, 0) is 0 Å². The van der Waals surface area contributed by atoms with Crippen molar-refractivity contribution >= 4 is 17.3 Å². The molecule has 1 aliphatic rings. The Labute approximate surface area is 136 Å². The summed E-state index contributed by atoms with van der Waals surface area (Å²) in [6.07, 6.45) is 3.62. The Morgan fingerprint density at radius 1 is 1.35 bits per heavy atom. The molecule has 0 bridgehead atoms. The molecule has 1 aromatic rings. The smallest absolute Gasteiger partial charge is 0.292 e. The van der Waals surface area contributed by atoms with Crippen LogP contribution in [0.4, 0.5) is 11.4 Å². The van der Waals surface area contributed by atoms with Crippen molar-refractivity contribution in [3.8, 4) is 0 Å². The van der Waals surface area contributed by atoms with E-state index in [9.17, 15) is 14.9 Å². The minimum absolute atomic E-state index is 0.0557. The zero-order valence-corrected chi connectivity index (χ0v) is 13.7. The van der Waals surface area contributed by atoms with Crippen LogP contribution >= 0.6 is 0 Å². The number of nitro groups is 1. The molecule has 1 fully saturated rings. The van der Waals surface area contributed by atoms with E-state index in [4.69, 9.17) is 5.73 Å². The van der Waals surface area contributed by atoms with Gasteiger partial charge in [0.25, 0.3) is 11.6 Å². The Hall–Kier alpha value is -2.15. The van der Waals surface area contributed by atoms with Gasteiger partial charge in [-0.05, 0) is 51.9 Å².